The lowest BCUT2D eigenvalue weighted by molar-refractivity contribution is -0.160. The number of cyclic esters (lactones) is 1. The van der Waals surface area contributed by atoms with Gasteiger partial charge in [-0.05, 0) is 102 Å². The number of alkyl carbamates (subject to hydrolysis) is 1. The zero-order valence-corrected chi connectivity index (χ0v) is 52.6. The Kier molecular flexibility index (Phi) is 28.3. The van der Waals surface area contributed by atoms with E-state index >= 15 is 9.59 Å². The lowest BCUT2D eigenvalue weighted by atomic mass is 9.93. The average Bonchev–Trinajstić information content (AvgIpc) is 3.65. The Morgan fingerprint density at radius 3 is 2.03 bits per heavy atom. The number of rotatable bonds is 18. The van der Waals surface area contributed by atoms with Gasteiger partial charge in [0, 0.05) is 32.6 Å². The fraction of sp³-hybridized carbons (Fsp3) is 0.613. The molecule has 11 N–H and O–H groups in total. The Morgan fingerprint density at radius 1 is 0.795 bits per heavy atom. The van der Waals surface area contributed by atoms with Gasteiger partial charge in [0.15, 0.2) is 6.04 Å². The van der Waals surface area contributed by atoms with Crippen molar-refractivity contribution in [2.75, 3.05) is 39.8 Å². The van der Waals surface area contributed by atoms with Gasteiger partial charge in [0.2, 0.25) is 41.4 Å². The molecule has 0 radical (unpaired) electrons. The number of nitrogens with zero attached hydrogens (tertiary/aromatic N) is 1. The summed E-state index contributed by atoms with van der Waals surface area (Å²) in [6, 6.07) is 4.05. The van der Waals surface area contributed by atoms with Gasteiger partial charge in [0.25, 0.3) is 0 Å². The third kappa shape index (κ3) is 22.5. The number of carbonyl (C=O) groups is 10. The van der Waals surface area contributed by atoms with Crippen LogP contribution in [0.25, 0.3) is 0 Å². The van der Waals surface area contributed by atoms with Gasteiger partial charge in [-0.15, -0.1) is 0 Å². The van der Waals surface area contributed by atoms with E-state index in [2.05, 4.69) is 42.5 Å². The van der Waals surface area contributed by atoms with Crippen LogP contribution < -0.4 is 47.3 Å². The van der Waals surface area contributed by atoms with E-state index in [1.165, 1.54) is 58.2 Å². The van der Waals surface area contributed by atoms with Crippen LogP contribution in [-0.2, 0) is 63.8 Å². The summed E-state index contributed by atoms with van der Waals surface area (Å²) in [6.45, 7) is 16.3. The van der Waals surface area contributed by atoms with Crippen LogP contribution >= 0.6 is 0 Å². The van der Waals surface area contributed by atoms with Crippen LogP contribution in [0.3, 0.4) is 0 Å². The maximum atomic E-state index is 15.4. The molecule has 0 aliphatic carbocycles. The van der Waals surface area contributed by atoms with Crippen molar-refractivity contribution in [3.05, 3.63) is 77.9 Å². The van der Waals surface area contributed by atoms with Crippen molar-refractivity contribution in [3.63, 3.8) is 0 Å². The molecule has 2 aromatic rings. The first kappa shape index (κ1) is 72.8. The van der Waals surface area contributed by atoms with Gasteiger partial charge in [-0.3, -0.25) is 38.4 Å². The maximum Gasteiger partial charge on any atom is 0.407 e. The quantitative estimate of drug-likeness (QED) is 0.0569. The van der Waals surface area contributed by atoms with E-state index in [1.807, 2.05) is 0 Å². The highest BCUT2D eigenvalue weighted by Crippen LogP contribution is 2.26. The normalized spacial score (nSPS) is 25.6. The van der Waals surface area contributed by atoms with E-state index in [4.69, 9.17) is 18.9 Å². The molecular formula is C62H93N9O17. The third-order valence-corrected chi connectivity index (χ3v) is 15.3. The molecule has 3 aliphatic heterocycles. The SMILES string of the molecule is CC[C@H](C)[C@H]1NC(=O)[C@@H](NC(=O)[C@H](C)[C@H](O)C(C)C)[C@@H](C)OC(=O)[C@@H]2COC(=O)CNC(=O)C=C[C@](O)(CNCCCCCCNC(=O)OC(C)(C)C)[C@@H](C)Oc3ccc(cc3)C(NC1=O)C(=O)N(C)[C@@H](Cc1ccccc1)C(=O)N[C@H]([C@@H](C)O)C(=O)N2. The highest BCUT2D eigenvalue weighted by atomic mass is 16.6. The molecule has 3 aliphatic rings. The van der Waals surface area contributed by atoms with E-state index in [1.54, 1.807) is 85.7 Å². The second-order valence-corrected chi connectivity index (χ2v) is 24.0. The van der Waals surface area contributed by atoms with Crippen LogP contribution in [0.4, 0.5) is 4.79 Å². The average molecular weight is 1240 g/mol. The van der Waals surface area contributed by atoms with Crippen molar-refractivity contribution in [1.82, 2.24) is 47.4 Å². The summed E-state index contributed by atoms with van der Waals surface area (Å²) >= 11 is 0. The molecule has 0 spiro atoms. The molecule has 488 valence electrons. The van der Waals surface area contributed by atoms with Gasteiger partial charge in [-0.2, -0.15) is 0 Å². The summed E-state index contributed by atoms with van der Waals surface area (Å²) in [6.07, 6.45) is -1.04. The van der Waals surface area contributed by atoms with Crippen LogP contribution in [0, 0.1) is 17.8 Å². The first-order valence-electron chi connectivity index (χ1n) is 30.0. The number of aliphatic hydroxyl groups is 3. The van der Waals surface area contributed by atoms with Gasteiger partial charge < -0.3 is 81.7 Å². The molecule has 0 saturated carbocycles. The van der Waals surface area contributed by atoms with Gasteiger partial charge >= 0.3 is 18.0 Å². The molecule has 1 unspecified atom stereocenters. The third-order valence-electron chi connectivity index (χ3n) is 15.3. The molecule has 26 heteroatoms. The first-order chi connectivity index (χ1) is 41.4. The van der Waals surface area contributed by atoms with Crippen molar-refractivity contribution in [3.8, 4) is 5.75 Å². The van der Waals surface area contributed by atoms with Crippen LogP contribution in [0.1, 0.15) is 125 Å². The number of esters is 2. The van der Waals surface area contributed by atoms with Crippen molar-refractivity contribution >= 4 is 59.4 Å². The Hall–Kier alpha value is -7.68. The summed E-state index contributed by atoms with van der Waals surface area (Å²) < 4.78 is 22.8. The minimum atomic E-state index is -1.99. The Labute approximate surface area is 515 Å². The van der Waals surface area contributed by atoms with Crippen molar-refractivity contribution < 1.29 is 82.2 Å². The Morgan fingerprint density at radius 2 is 1.42 bits per heavy atom. The smallest absolute Gasteiger partial charge is 0.407 e. The summed E-state index contributed by atoms with van der Waals surface area (Å²) in [7, 11) is 1.30. The zero-order chi connectivity index (χ0) is 65.6. The fourth-order valence-corrected chi connectivity index (χ4v) is 9.47. The topological polar surface area (TPSA) is 368 Å². The summed E-state index contributed by atoms with van der Waals surface area (Å²) in [5.41, 5.74) is -1.86. The molecule has 88 heavy (non-hydrogen) atoms. The highest BCUT2D eigenvalue weighted by Gasteiger charge is 2.42. The fourth-order valence-electron chi connectivity index (χ4n) is 9.47. The van der Waals surface area contributed by atoms with Gasteiger partial charge in [0.05, 0.1) is 18.1 Å². The molecule has 4 bridgehead atoms. The number of fused-ring (bicyclic) bond motifs is 11. The lowest BCUT2D eigenvalue weighted by Crippen LogP contribution is -2.61. The first-order valence-corrected chi connectivity index (χ1v) is 30.0. The largest absolute Gasteiger partial charge is 0.487 e. The second kappa shape index (κ2) is 34.2. The predicted octanol–water partition coefficient (Wildman–Crippen LogP) is 1.28. The second-order valence-electron chi connectivity index (χ2n) is 24.0. The summed E-state index contributed by atoms with van der Waals surface area (Å²) in [4.78, 5) is 142. The number of carbonyl (C=O) groups excluding carboxylic acids is 10. The number of hydrogen-bond donors (Lipinski definition) is 11. The minimum absolute atomic E-state index is 0.135. The number of amides is 8. The number of unbranched alkanes of at least 4 members (excludes halogenated alkanes) is 3. The summed E-state index contributed by atoms with van der Waals surface area (Å²) in [5.74, 6) is -11.4. The molecule has 8 amide bonds. The van der Waals surface area contributed by atoms with E-state index in [-0.39, 0.29) is 30.7 Å². The van der Waals surface area contributed by atoms with Crippen LogP contribution in [0.2, 0.25) is 0 Å². The molecule has 3 heterocycles. The maximum absolute atomic E-state index is 15.4. The number of likely N-dealkylation sites (N-methyl/N-ethyl adjacent to an activating group) is 1. The van der Waals surface area contributed by atoms with Gasteiger partial charge in [-0.25, -0.2) is 9.59 Å². The Balaban J connectivity index is 1.89. The van der Waals surface area contributed by atoms with E-state index in [0.29, 0.717) is 31.5 Å². The van der Waals surface area contributed by atoms with Crippen molar-refractivity contribution in [2.45, 2.75) is 187 Å². The number of aliphatic hydroxyl groups excluding tert-OH is 2. The van der Waals surface area contributed by atoms with Crippen molar-refractivity contribution in [1.29, 1.82) is 0 Å². The van der Waals surface area contributed by atoms with Gasteiger partial charge in [-0.1, -0.05) is 96.3 Å². The van der Waals surface area contributed by atoms with E-state index in [0.717, 1.165) is 23.8 Å². The zero-order valence-electron chi connectivity index (χ0n) is 52.6. The van der Waals surface area contributed by atoms with E-state index in [9.17, 15) is 53.7 Å². The van der Waals surface area contributed by atoms with Crippen LogP contribution in [0.15, 0.2) is 66.7 Å². The number of ether oxygens (including phenoxy) is 4. The lowest BCUT2D eigenvalue weighted by Gasteiger charge is -2.34. The predicted molar refractivity (Wildman–Crippen MR) is 322 cm³/mol. The van der Waals surface area contributed by atoms with Gasteiger partial charge in [0.1, 0.15) is 72.5 Å². The minimum Gasteiger partial charge on any atom is -0.487 e. The van der Waals surface area contributed by atoms with Crippen LogP contribution in [0.5, 0.6) is 5.75 Å². The molecule has 1 fully saturated rings. The molecule has 1 saturated heterocycles. The number of nitrogens with one attached hydrogen (secondary N) is 8. The number of hydrogen-bond acceptors (Lipinski definition) is 18. The van der Waals surface area contributed by atoms with Crippen molar-refractivity contribution in [2.24, 2.45) is 17.8 Å². The summed E-state index contributed by atoms with van der Waals surface area (Å²) in [5, 5.41) is 55.4. The Bertz CT molecular complexity index is 2720. The molecule has 13 atom stereocenters. The number of benzene rings is 2. The molecular weight excluding hydrogens is 1140 g/mol. The molecule has 5 rings (SSSR count). The molecule has 0 aromatic heterocycles. The van der Waals surface area contributed by atoms with E-state index < -0.39 is 162 Å². The molecule has 2 aromatic carbocycles. The standard InChI is InChI=1S/C62H93N9O17/c1-13-36(4)48-55(78)70-51-42-23-25-43(26-24-42)87-40(8)62(84,34-63-29-19-14-15-20-30-64-60(83)88-61(9,10)11)28-27-46(73)65-32-47(74)85-33-44(59(82)86-39(7)50(57(80)67-48)69-53(76)37(5)52(75)35(2)3)66-56(79)49(38(6)72)68-54(77)45(71(12)58(51)81)31-41-21-17-16-18-22-41/h16-18,21-28,35-40,44-45,48-52,63,72,75,84H,13-15,19-20,29-34H2,1-12H3,(H,64,83)(H,65,73)(H,66,79)(H,67,80)(H,68,77)(H,69,76)(H,70,78)/t36-,37+,38+,39+,40+,44-,45-,48+,49+,50-,51?,52+,62-/m0/s1. The van der Waals surface area contributed by atoms with Crippen LogP contribution in [-0.4, -0.2) is 185 Å². The highest BCUT2D eigenvalue weighted by molar-refractivity contribution is 5.98. The molecule has 26 nitrogen and oxygen atoms in total. The monoisotopic (exact) mass is 1240 g/mol.